The molecule has 0 atom stereocenters. The number of benzene rings is 2. The van der Waals surface area contributed by atoms with Gasteiger partial charge < -0.3 is 0 Å². The number of hydrogen-bond acceptors (Lipinski definition) is 1. The summed E-state index contributed by atoms with van der Waals surface area (Å²) in [6, 6.07) is 12.4. The zero-order valence-electron chi connectivity index (χ0n) is 11.1. The minimum atomic E-state index is -0.287. The number of nitrogens with zero attached hydrogens (tertiary/aromatic N) is 2. The number of aryl methyl sites for hydroxylation is 1. The zero-order chi connectivity index (χ0) is 15.0. The standard InChI is InChI=1S/C16H11BrF2N2/c1-21-16(11-4-8-13(19)9-5-11)14(17)15(20-21)10-2-6-12(18)7-3-10/h2-9H,1H3. The van der Waals surface area contributed by atoms with Gasteiger partial charge in [-0.05, 0) is 64.5 Å². The Morgan fingerprint density at radius 1 is 0.857 bits per heavy atom. The summed E-state index contributed by atoms with van der Waals surface area (Å²) in [5.74, 6) is -0.569. The van der Waals surface area contributed by atoms with Crippen LogP contribution in [-0.4, -0.2) is 9.78 Å². The molecule has 3 aromatic rings. The molecule has 0 unspecified atom stereocenters. The topological polar surface area (TPSA) is 17.8 Å². The van der Waals surface area contributed by atoms with Crippen molar-refractivity contribution in [3.8, 4) is 22.5 Å². The number of halogens is 3. The largest absolute Gasteiger partial charge is 0.266 e. The van der Waals surface area contributed by atoms with E-state index < -0.39 is 0 Å². The fourth-order valence-electron chi connectivity index (χ4n) is 2.21. The van der Waals surface area contributed by atoms with E-state index in [1.54, 1.807) is 28.9 Å². The molecule has 0 fully saturated rings. The van der Waals surface area contributed by atoms with Crippen molar-refractivity contribution in [1.29, 1.82) is 0 Å². The Kier molecular flexibility index (Phi) is 3.59. The lowest BCUT2D eigenvalue weighted by atomic mass is 10.1. The van der Waals surface area contributed by atoms with Gasteiger partial charge in [0.25, 0.3) is 0 Å². The SMILES string of the molecule is Cn1nc(-c2ccc(F)cc2)c(Br)c1-c1ccc(F)cc1. The Morgan fingerprint density at radius 2 is 1.33 bits per heavy atom. The maximum Gasteiger partial charge on any atom is 0.123 e. The summed E-state index contributed by atoms with van der Waals surface area (Å²) in [4.78, 5) is 0. The lowest BCUT2D eigenvalue weighted by Crippen LogP contribution is -1.94. The van der Waals surface area contributed by atoms with E-state index in [0.29, 0.717) is 0 Å². The first kappa shape index (κ1) is 13.9. The Balaban J connectivity index is 2.12. The van der Waals surface area contributed by atoms with Gasteiger partial charge in [0, 0.05) is 18.2 Å². The third-order valence-corrected chi connectivity index (χ3v) is 3.98. The predicted molar refractivity (Wildman–Crippen MR) is 81.7 cm³/mol. The second-order valence-electron chi connectivity index (χ2n) is 4.65. The van der Waals surface area contributed by atoms with Gasteiger partial charge in [0.15, 0.2) is 0 Å². The summed E-state index contributed by atoms with van der Waals surface area (Å²) in [6.07, 6.45) is 0. The lowest BCUT2D eigenvalue weighted by Gasteiger charge is -2.02. The minimum absolute atomic E-state index is 0.282. The van der Waals surface area contributed by atoms with Crippen molar-refractivity contribution in [3.63, 3.8) is 0 Å². The molecule has 0 aliphatic carbocycles. The summed E-state index contributed by atoms with van der Waals surface area (Å²) >= 11 is 3.54. The first-order valence-corrected chi connectivity index (χ1v) is 7.10. The average Bonchev–Trinajstić information content (AvgIpc) is 2.76. The molecule has 0 radical (unpaired) electrons. The first-order valence-electron chi connectivity index (χ1n) is 6.30. The highest BCUT2D eigenvalue weighted by molar-refractivity contribution is 9.10. The van der Waals surface area contributed by atoms with Gasteiger partial charge >= 0.3 is 0 Å². The van der Waals surface area contributed by atoms with Gasteiger partial charge in [-0.25, -0.2) is 8.78 Å². The van der Waals surface area contributed by atoms with Crippen molar-refractivity contribution in [2.24, 2.45) is 7.05 Å². The van der Waals surface area contributed by atoms with Crippen LogP contribution >= 0.6 is 15.9 Å². The zero-order valence-corrected chi connectivity index (χ0v) is 12.7. The Hall–Kier alpha value is -2.01. The molecule has 0 aliphatic rings. The fourth-order valence-corrected chi connectivity index (χ4v) is 3.01. The van der Waals surface area contributed by atoms with Gasteiger partial charge in [0.2, 0.25) is 0 Å². The van der Waals surface area contributed by atoms with Gasteiger partial charge in [-0.3, -0.25) is 4.68 Å². The van der Waals surface area contributed by atoms with Crippen LogP contribution in [0.2, 0.25) is 0 Å². The van der Waals surface area contributed by atoms with E-state index in [2.05, 4.69) is 21.0 Å². The molecule has 0 bridgehead atoms. The third kappa shape index (κ3) is 2.61. The molecule has 0 aliphatic heterocycles. The Labute approximate surface area is 129 Å². The highest BCUT2D eigenvalue weighted by Gasteiger charge is 2.16. The van der Waals surface area contributed by atoms with E-state index in [1.165, 1.54) is 24.3 Å². The molecule has 2 aromatic carbocycles. The van der Waals surface area contributed by atoms with E-state index in [4.69, 9.17) is 0 Å². The molecule has 0 saturated heterocycles. The maximum absolute atomic E-state index is 13.0. The van der Waals surface area contributed by atoms with E-state index in [0.717, 1.165) is 27.0 Å². The van der Waals surface area contributed by atoms with Crippen LogP contribution in [-0.2, 0) is 7.05 Å². The van der Waals surface area contributed by atoms with Gasteiger partial charge in [0.05, 0.1) is 10.2 Å². The molecule has 0 spiro atoms. The van der Waals surface area contributed by atoms with Crippen molar-refractivity contribution in [3.05, 3.63) is 64.6 Å². The van der Waals surface area contributed by atoms with Gasteiger partial charge in [-0.15, -0.1) is 0 Å². The second kappa shape index (κ2) is 5.41. The number of hydrogen-bond donors (Lipinski definition) is 0. The summed E-state index contributed by atoms with van der Waals surface area (Å²) in [5, 5.41) is 4.46. The highest BCUT2D eigenvalue weighted by atomic mass is 79.9. The normalized spacial score (nSPS) is 10.9. The van der Waals surface area contributed by atoms with E-state index in [-0.39, 0.29) is 11.6 Å². The molecule has 106 valence electrons. The molecule has 0 N–H and O–H groups in total. The third-order valence-electron chi connectivity index (χ3n) is 3.22. The van der Waals surface area contributed by atoms with Crippen LogP contribution in [0.3, 0.4) is 0 Å². The summed E-state index contributed by atoms with van der Waals surface area (Å²) in [5.41, 5.74) is 3.23. The van der Waals surface area contributed by atoms with E-state index in [1.807, 2.05) is 7.05 Å². The first-order chi connectivity index (χ1) is 10.1. The lowest BCUT2D eigenvalue weighted by molar-refractivity contribution is 0.627. The highest BCUT2D eigenvalue weighted by Crippen LogP contribution is 2.36. The summed E-state index contributed by atoms with van der Waals surface area (Å²) in [6.45, 7) is 0. The molecule has 21 heavy (non-hydrogen) atoms. The molecule has 0 saturated carbocycles. The van der Waals surface area contributed by atoms with Gasteiger partial charge in [0.1, 0.15) is 17.3 Å². The van der Waals surface area contributed by atoms with Crippen molar-refractivity contribution in [1.82, 2.24) is 9.78 Å². The molecular weight excluding hydrogens is 338 g/mol. The molecule has 1 aromatic heterocycles. The monoisotopic (exact) mass is 348 g/mol. The minimum Gasteiger partial charge on any atom is -0.266 e. The quantitative estimate of drug-likeness (QED) is 0.650. The predicted octanol–water partition coefficient (Wildman–Crippen LogP) is 4.79. The summed E-state index contributed by atoms with van der Waals surface area (Å²) < 4.78 is 28.6. The van der Waals surface area contributed by atoms with Crippen LogP contribution < -0.4 is 0 Å². The molecule has 5 heteroatoms. The fraction of sp³-hybridized carbons (Fsp3) is 0.0625. The van der Waals surface area contributed by atoms with Crippen LogP contribution in [0.5, 0.6) is 0 Å². The van der Waals surface area contributed by atoms with Crippen LogP contribution in [0, 0.1) is 11.6 Å². The molecule has 1 heterocycles. The van der Waals surface area contributed by atoms with Crippen molar-refractivity contribution < 1.29 is 8.78 Å². The van der Waals surface area contributed by atoms with Gasteiger partial charge in [-0.2, -0.15) is 5.10 Å². The van der Waals surface area contributed by atoms with Crippen LogP contribution in [0.15, 0.2) is 53.0 Å². The van der Waals surface area contributed by atoms with Crippen LogP contribution in [0.25, 0.3) is 22.5 Å². The maximum atomic E-state index is 13.0. The smallest absolute Gasteiger partial charge is 0.123 e. The number of rotatable bonds is 2. The second-order valence-corrected chi connectivity index (χ2v) is 5.44. The molecular formula is C16H11BrF2N2. The van der Waals surface area contributed by atoms with Gasteiger partial charge in [-0.1, -0.05) is 0 Å². The van der Waals surface area contributed by atoms with Crippen LogP contribution in [0.4, 0.5) is 8.78 Å². The summed E-state index contributed by atoms with van der Waals surface area (Å²) in [7, 11) is 1.82. The van der Waals surface area contributed by atoms with Crippen LogP contribution in [0.1, 0.15) is 0 Å². The van der Waals surface area contributed by atoms with Crippen molar-refractivity contribution in [2.75, 3.05) is 0 Å². The molecule has 3 rings (SSSR count). The Bertz CT molecular complexity index is 777. The van der Waals surface area contributed by atoms with Crippen molar-refractivity contribution >= 4 is 15.9 Å². The van der Waals surface area contributed by atoms with E-state index >= 15 is 0 Å². The Morgan fingerprint density at radius 3 is 1.86 bits per heavy atom. The number of aromatic nitrogens is 2. The van der Waals surface area contributed by atoms with Crippen molar-refractivity contribution in [2.45, 2.75) is 0 Å². The van der Waals surface area contributed by atoms with E-state index in [9.17, 15) is 8.78 Å². The molecule has 0 amide bonds. The molecule has 2 nitrogen and oxygen atoms in total. The average molecular weight is 349 g/mol.